The second kappa shape index (κ2) is 6.73. The summed E-state index contributed by atoms with van der Waals surface area (Å²) < 4.78 is 0. The maximum Gasteiger partial charge on any atom is 0.251 e. The lowest BCUT2D eigenvalue weighted by Crippen LogP contribution is -2.28. The normalized spacial score (nSPS) is 17.4. The van der Waals surface area contributed by atoms with Gasteiger partial charge >= 0.3 is 0 Å². The molecule has 3 rings (SSSR count). The molecule has 1 amide bonds. The minimum absolute atomic E-state index is 0.112. The van der Waals surface area contributed by atoms with Crippen molar-refractivity contribution in [2.24, 2.45) is 0 Å². The first-order valence-corrected chi connectivity index (χ1v) is 7.98. The topological polar surface area (TPSA) is 79.0 Å². The monoisotopic (exact) mass is 312 g/mol. The van der Waals surface area contributed by atoms with Crippen LogP contribution < -0.4 is 5.56 Å². The number of likely N-dealkylation sites (tertiary alicyclic amines) is 1. The number of carbonyl (C=O) groups excluding carboxylic acids is 1. The van der Waals surface area contributed by atoms with Gasteiger partial charge in [0.25, 0.3) is 5.56 Å². The molecule has 1 saturated heterocycles. The van der Waals surface area contributed by atoms with Crippen LogP contribution in [0.5, 0.6) is 0 Å². The third-order valence-electron chi connectivity index (χ3n) is 4.09. The number of pyridine rings is 1. The predicted octanol–water partition coefficient (Wildman–Crippen LogP) is 1.95. The largest absolute Gasteiger partial charge is 0.342 e. The lowest BCUT2D eigenvalue weighted by molar-refractivity contribution is -0.130. The highest BCUT2D eigenvalue weighted by atomic mass is 16.2. The maximum atomic E-state index is 12.0. The van der Waals surface area contributed by atoms with E-state index in [1.54, 1.807) is 6.20 Å². The Bertz CT molecular complexity index is 742. The van der Waals surface area contributed by atoms with Gasteiger partial charge in [-0.2, -0.15) is 0 Å². The van der Waals surface area contributed by atoms with Crippen LogP contribution in [0.1, 0.15) is 37.8 Å². The molecular weight excluding hydrogens is 292 g/mol. The summed E-state index contributed by atoms with van der Waals surface area (Å²) in [7, 11) is 0. The zero-order chi connectivity index (χ0) is 16.2. The van der Waals surface area contributed by atoms with Gasteiger partial charge in [0, 0.05) is 37.7 Å². The molecule has 1 fully saturated rings. The van der Waals surface area contributed by atoms with Crippen LogP contribution in [-0.2, 0) is 4.79 Å². The molecule has 0 saturated carbocycles. The molecule has 1 atom stereocenters. The van der Waals surface area contributed by atoms with E-state index in [-0.39, 0.29) is 17.4 Å². The first kappa shape index (κ1) is 15.4. The standard InChI is InChI=1S/C17H20N4O2/c1-2-5-16(23)21-9-7-12(11-21)14-10-15(22)20-17(19-14)13-6-3-4-8-18-13/h3-4,6,8,10,12H,2,5,7,9,11H2,1H3,(H,19,20,22). The van der Waals surface area contributed by atoms with E-state index < -0.39 is 0 Å². The van der Waals surface area contributed by atoms with E-state index in [2.05, 4.69) is 15.0 Å². The van der Waals surface area contributed by atoms with Crippen molar-refractivity contribution in [2.45, 2.75) is 32.1 Å². The van der Waals surface area contributed by atoms with Crippen LogP contribution in [0.15, 0.2) is 35.3 Å². The van der Waals surface area contributed by atoms with Crippen LogP contribution in [0.25, 0.3) is 11.5 Å². The zero-order valence-electron chi connectivity index (χ0n) is 13.2. The summed E-state index contributed by atoms with van der Waals surface area (Å²) in [4.78, 5) is 37.4. The van der Waals surface area contributed by atoms with Gasteiger partial charge in [0.15, 0.2) is 5.82 Å². The number of hydrogen-bond acceptors (Lipinski definition) is 4. The highest BCUT2D eigenvalue weighted by molar-refractivity contribution is 5.76. The summed E-state index contributed by atoms with van der Waals surface area (Å²) in [5.41, 5.74) is 1.19. The average Bonchev–Trinajstić information content (AvgIpc) is 3.05. The Morgan fingerprint density at radius 2 is 2.30 bits per heavy atom. The molecule has 0 bridgehead atoms. The average molecular weight is 312 g/mol. The molecular formula is C17H20N4O2. The number of aromatic nitrogens is 3. The molecule has 0 aromatic carbocycles. The summed E-state index contributed by atoms with van der Waals surface area (Å²) in [5, 5.41) is 0. The molecule has 0 spiro atoms. The minimum atomic E-state index is -0.186. The van der Waals surface area contributed by atoms with E-state index in [0.29, 0.717) is 24.5 Å². The fourth-order valence-corrected chi connectivity index (χ4v) is 2.91. The van der Waals surface area contributed by atoms with Crippen molar-refractivity contribution in [3.05, 3.63) is 46.5 Å². The van der Waals surface area contributed by atoms with Crippen molar-refractivity contribution in [3.8, 4) is 11.5 Å². The highest BCUT2D eigenvalue weighted by Gasteiger charge is 2.28. The van der Waals surface area contributed by atoms with Gasteiger partial charge in [0.1, 0.15) is 5.69 Å². The third-order valence-corrected chi connectivity index (χ3v) is 4.09. The Kier molecular flexibility index (Phi) is 4.50. The van der Waals surface area contributed by atoms with E-state index >= 15 is 0 Å². The molecule has 1 N–H and O–H groups in total. The molecule has 120 valence electrons. The van der Waals surface area contributed by atoms with E-state index in [9.17, 15) is 9.59 Å². The summed E-state index contributed by atoms with van der Waals surface area (Å²) in [5.74, 6) is 0.775. The van der Waals surface area contributed by atoms with Gasteiger partial charge in [0.2, 0.25) is 5.91 Å². The number of aromatic amines is 1. The van der Waals surface area contributed by atoms with Crippen molar-refractivity contribution < 1.29 is 4.79 Å². The Morgan fingerprint density at radius 3 is 3.04 bits per heavy atom. The molecule has 0 radical (unpaired) electrons. The first-order valence-electron chi connectivity index (χ1n) is 7.98. The highest BCUT2D eigenvalue weighted by Crippen LogP contribution is 2.26. The molecule has 23 heavy (non-hydrogen) atoms. The van der Waals surface area contributed by atoms with Gasteiger partial charge in [0.05, 0.1) is 5.69 Å². The molecule has 6 nitrogen and oxygen atoms in total. The number of H-pyrrole nitrogens is 1. The smallest absolute Gasteiger partial charge is 0.251 e. The van der Waals surface area contributed by atoms with E-state index in [4.69, 9.17) is 0 Å². The van der Waals surface area contributed by atoms with Gasteiger partial charge in [-0.05, 0) is 25.0 Å². The fourth-order valence-electron chi connectivity index (χ4n) is 2.91. The first-order chi connectivity index (χ1) is 11.2. The summed E-state index contributed by atoms with van der Waals surface area (Å²) in [6.45, 7) is 3.37. The van der Waals surface area contributed by atoms with E-state index in [0.717, 1.165) is 25.1 Å². The minimum Gasteiger partial charge on any atom is -0.342 e. The van der Waals surface area contributed by atoms with E-state index in [1.807, 2.05) is 30.0 Å². The SMILES string of the molecule is CCCC(=O)N1CCC(c2cc(=O)[nH]c(-c3ccccn3)n2)C1. The Hall–Kier alpha value is -2.50. The molecule has 0 aliphatic carbocycles. The van der Waals surface area contributed by atoms with Crippen molar-refractivity contribution in [1.82, 2.24) is 19.9 Å². The van der Waals surface area contributed by atoms with Gasteiger partial charge in [-0.15, -0.1) is 0 Å². The molecule has 2 aromatic heterocycles. The predicted molar refractivity (Wildman–Crippen MR) is 86.9 cm³/mol. The van der Waals surface area contributed by atoms with Gasteiger partial charge in [-0.3, -0.25) is 14.6 Å². The molecule has 1 unspecified atom stereocenters. The van der Waals surface area contributed by atoms with Gasteiger partial charge < -0.3 is 9.88 Å². The summed E-state index contributed by atoms with van der Waals surface area (Å²) in [6.07, 6.45) is 3.94. The molecule has 6 heteroatoms. The molecule has 1 aliphatic heterocycles. The Morgan fingerprint density at radius 1 is 1.43 bits per heavy atom. The molecule has 1 aliphatic rings. The molecule has 2 aromatic rings. The lowest BCUT2D eigenvalue weighted by atomic mass is 10.0. The Labute approximate surface area is 134 Å². The number of hydrogen-bond donors (Lipinski definition) is 1. The Balaban J connectivity index is 1.83. The van der Waals surface area contributed by atoms with Crippen LogP contribution in [0.3, 0.4) is 0 Å². The number of amides is 1. The number of carbonyl (C=O) groups is 1. The summed E-state index contributed by atoms with van der Waals surface area (Å²) in [6, 6.07) is 7.02. The van der Waals surface area contributed by atoms with Crippen LogP contribution in [0.2, 0.25) is 0 Å². The fraction of sp³-hybridized carbons (Fsp3) is 0.412. The number of rotatable bonds is 4. The maximum absolute atomic E-state index is 12.0. The quantitative estimate of drug-likeness (QED) is 0.936. The lowest BCUT2D eigenvalue weighted by Gasteiger charge is -2.16. The number of nitrogens with zero attached hydrogens (tertiary/aromatic N) is 3. The van der Waals surface area contributed by atoms with E-state index in [1.165, 1.54) is 6.07 Å². The number of nitrogens with one attached hydrogen (secondary N) is 1. The second-order valence-corrected chi connectivity index (χ2v) is 5.81. The second-order valence-electron chi connectivity index (χ2n) is 5.81. The van der Waals surface area contributed by atoms with Crippen LogP contribution >= 0.6 is 0 Å². The molecule has 3 heterocycles. The van der Waals surface area contributed by atoms with Crippen molar-refractivity contribution in [3.63, 3.8) is 0 Å². The van der Waals surface area contributed by atoms with Gasteiger partial charge in [-0.1, -0.05) is 13.0 Å². The van der Waals surface area contributed by atoms with Crippen molar-refractivity contribution >= 4 is 5.91 Å². The van der Waals surface area contributed by atoms with Crippen LogP contribution in [0.4, 0.5) is 0 Å². The van der Waals surface area contributed by atoms with Crippen LogP contribution in [-0.4, -0.2) is 38.8 Å². The van der Waals surface area contributed by atoms with Gasteiger partial charge in [-0.25, -0.2) is 4.98 Å². The summed E-state index contributed by atoms with van der Waals surface area (Å²) >= 11 is 0. The van der Waals surface area contributed by atoms with Crippen LogP contribution in [0, 0.1) is 0 Å². The third kappa shape index (κ3) is 3.47. The van der Waals surface area contributed by atoms with Crippen molar-refractivity contribution in [2.75, 3.05) is 13.1 Å². The van der Waals surface area contributed by atoms with Crippen molar-refractivity contribution in [1.29, 1.82) is 0 Å². The zero-order valence-corrected chi connectivity index (χ0v) is 13.2.